The molecule has 0 aliphatic rings. The van der Waals surface area contributed by atoms with E-state index in [0.717, 1.165) is 35.4 Å². The second-order valence-electron chi connectivity index (χ2n) is 5.25. The SMILES string of the molecule is CCCCN(CCO)Cc1nc(Cl)c2c(C)c(C)sc2n1. The Balaban J connectivity index is 2.25. The molecule has 0 unspecified atom stereocenters. The van der Waals surface area contributed by atoms with Gasteiger partial charge < -0.3 is 5.11 Å². The number of nitrogens with zero attached hydrogens (tertiary/aromatic N) is 3. The maximum Gasteiger partial charge on any atom is 0.145 e. The molecule has 2 rings (SSSR count). The van der Waals surface area contributed by atoms with Crippen LogP contribution >= 0.6 is 22.9 Å². The van der Waals surface area contributed by atoms with E-state index in [-0.39, 0.29) is 6.61 Å². The van der Waals surface area contributed by atoms with Gasteiger partial charge in [0.05, 0.1) is 18.5 Å². The summed E-state index contributed by atoms with van der Waals surface area (Å²) in [5, 5.41) is 10.7. The molecule has 0 spiro atoms. The zero-order valence-electron chi connectivity index (χ0n) is 12.8. The molecule has 0 radical (unpaired) electrons. The maximum atomic E-state index is 9.17. The fourth-order valence-corrected chi connectivity index (χ4v) is 3.74. The minimum atomic E-state index is 0.150. The van der Waals surface area contributed by atoms with E-state index >= 15 is 0 Å². The average Bonchev–Trinajstić information content (AvgIpc) is 2.72. The standard InChI is InChI=1S/C15H22ClN3OS/c1-4-5-6-19(7-8-20)9-12-17-14(16)13-10(2)11(3)21-15(13)18-12/h20H,4-9H2,1-3H3. The number of rotatable bonds is 7. The number of hydrogen-bond donors (Lipinski definition) is 1. The van der Waals surface area contributed by atoms with Gasteiger partial charge >= 0.3 is 0 Å². The van der Waals surface area contributed by atoms with E-state index in [9.17, 15) is 5.11 Å². The first-order valence-corrected chi connectivity index (χ1v) is 8.51. The Morgan fingerprint density at radius 3 is 2.67 bits per heavy atom. The first kappa shape index (κ1) is 16.6. The van der Waals surface area contributed by atoms with Crippen molar-refractivity contribution in [3.05, 3.63) is 21.4 Å². The van der Waals surface area contributed by atoms with Crippen LogP contribution in [0.3, 0.4) is 0 Å². The monoisotopic (exact) mass is 327 g/mol. The zero-order chi connectivity index (χ0) is 15.4. The Morgan fingerprint density at radius 2 is 2.00 bits per heavy atom. The minimum absolute atomic E-state index is 0.150. The Bertz CT molecular complexity index is 614. The summed E-state index contributed by atoms with van der Waals surface area (Å²) in [4.78, 5) is 13.5. The molecule has 0 aromatic carbocycles. The van der Waals surface area contributed by atoms with Gasteiger partial charge in [-0.3, -0.25) is 4.90 Å². The molecule has 0 fully saturated rings. The van der Waals surface area contributed by atoms with Gasteiger partial charge in [0.25, 0.3) is 0 Å². The first-order valence-electron chi connectivity index (χ1n) is 7.32. The highest BCUT2D eigenvalue weighted by Crippen LogP contribution is 2.32. The number of unbranched alkanes of at least 4 members (excludes halogenated alkanes) is 1. The van der Waals surface area contributed by atoms with E-state index in [4.69, 9.17) is 11.6 Å². The van der Waals surface area contributed by atoms with Gasteiger partial charge in [-0.25, -0.2) is 9.97 Å². The molecule has 0 saturated heterocycles. The number of halogens is 1. The molecule has 0 aliphatic carbocycles. The van der Waals surface area contributed by atoms with Gasteiger partial charge in [-0.1, -0.05) is 24.9 Å². The van der Waals surface area contributed by atoms with Crippen molar-refractivity contribution in [2.24, 2.45) is 0 Å². The third-order valence-corrected chi connectivity index (χ3v) is 5.01. The van der Waals surface area contributed by atoms with Crippen molar-refractivity contribution in [1.82, 2.24) is 14.9 Å². The third-order valence-electron chi connectivity index (χ3n) is 3.64. The highest BCUT2D eigenvalue weighted by atomic mass is 35.5. The number of aliphatic hydroxyl groups is 1. The van der Waals surface area contributed by atoms with Gasteiger partial charge in [0.1, 0.15) is 15.8 Å². The van der Waals surface area contributed by atoms with Gasteiger partial charge in [0.15, 0.2) is 0 Å². The second-order valence-corrected chi connectivity index (χ2v) is 6.81. The Kier molecular flexibility index (Phi) is 5.93. The number of aliphatic hydroxyl groups excluding tert-OH is 1. The van der Waals surface area contributed by atoms with Crippen molar-refractivity contribution < 1.29 is 5.11 Å². The molecule has 4 nitrogen and oxygen atoms in total. The van der Waals surface area contributed by atoms with Crippen LogP contribution in [0, 0.1) is 13.8 Å². The lowest BCUT2D eigenvalue weighted by Gasteiger charge is -2.20. The van der Waals surface area contributed by atoms with Crippen LogP contribution in [0.5, 0.6) is 0 Å². The van der Waals surface area contributed by atoms with Crippen molar-refractivity contribution in [2.45, 2.75) is 40.2 Å². The Hall–Kier alpha value is -0.750. The molecule has 0 saturated carbocycles. The van der Waals surface area contributed by atoms with Crippen LogP contribution in [0.25, 0.3) is 10.2 Å². The normalized spacial score (nSPS) is 11.7. The number of hydrogen-bond acceptors (Lipinski definition) is 5. The highest BCUT2D eigenvalue weighted by molar-refractivity contribution is 7.18. The molecule has 0 aliphatic heterocycles. The zero-order valence-corrected chi connectivity index (χ0v) is 14.4. The van der Waals surface area contributed by atoms with Gasteiger partial charge in [-0.05, 0) is 32.4 Å². The largest absolute Gasteiger partial charge is 0.395 e. The summed E-state index contributed by atoms with van der Waals surface area (Å²) in [7, 11) is 0. The predicted molar refractivity (Wildman–Crippen MR) is 89.2 cm³/mol. The number of fused-ring (bicyclic) bond motifs is 1. The molecule has 0 bridgehead atoms. The molecule has 2 aromatic rings. The van der Waals surface area contributed by atoms with Crippen LogP contribution in [0.15, 0.2) is 0 Å². The first-order chi connectivity index (χ1) is 10.1. The molecule has 2 heterocycles. The van der Waals surface area contributed by atoms with Crippen molar-refractivity contribution in [3.8, 4) is 0 Å². The second kappa shape index (κ2) is 7.49. The topological polar surface area (TPSA) is 49.2 Å². The molecule has 1 N–H and O–H groups in total. The van der Waals surface area contributed by atoms with Gasteiger partial charge in [0, 0.05) is 11.4 Å². The quantitative estimate of drug-likeness (QED) is 0.790. The van der Waals surface area contributed by atoms with E-state index in [1.165, 1.54) is 10.4 Å². The summed E-state index contributed by atoms with van der Waals surface area (Å²) < 4.78 is 0. The van der Waals surface area contributed by atoms with Crippen LogP contribution < -0.4 is 0 Å². The summed E-state index contributed by atoms with van der Waals surface area (Å²) in [6.07, 6.45) is 2.24. The van der Waals surface area contributed by atoms with Crippen LogP contribution in [-0.4, -0.2) is 39.7 Å². The van der Waals surface area contributed by atoms with Crippen LogP contribution in [-0.2, 0) is 6.54 Å². The Morgan fingerprint density at radius 1 is 1.24 bits per heavy atom. The number of aromatic nitrogens is 2. The van der Waals surface area contributed by atoms with Crippen LogP contribution in [0.1, 0.15) is 36.0 Å². The van der Waals surface area contributed by atoms with Gasteiger partial charge in [0.2, 0.25) is 0 Å². The van der Waals surface area contributed by atoms with Gasteiger partial charge in [-0.15, -0.1) is 11.3 Å². The van der Waals surface area contributed by atoms with E-state index in [2.05, 4.69) is 35.6 Å². The summed E-state index contributed by atoms with van der Waals surface area (Å²) >= 11 is 8.00. The molecule has 21 heavy (non-hydrogen) atoms. The Labute approximate surface area is 134 Å². The third kappa shape index (κ3) is 3.92. The maximum absolute atomic E-state index is 9.17. The van der Waals surface area contributed by atoms with Crippen LogP contribution in [0.4, 0.5) is 0 Å². The smallest absolute Gasteiger partial charge is 0.145 e. The van der Waals surface area contributed by atoms with Crippen molar-refractivity contribution in [3.63, 3.8) is 0 Å². The molecular formula is C15H22ClN3OS. The van der Waals surface area contributed by atoms with Crippen molar-refractivity contribution in [1.29, 1.82) is 0 Å². The molecule has 0 amide bonds. The number of aryl methyl sites for hydroxylation is 2. The fourth-order valence-electron chi connectivity index (χ4n) is 2.31. The summed E-state index contributed by atoms with van der Waals surface area (Å²) in [6.45, 7) is 8.66. The van der Waals surface area contributed by atoms with Crippen molar-refractivity contribution in [2.75, 3.05) is 19.7 Å². The summed E-state index contributed by atoms with van der Waals surface area (Å²) in [6, 6.07) is 0. The van der Waals surface area contributed by atoms with E-state index in [1.54, 1.807) is 11.3 Å². The molecule has 2 aromatic heterocycles. The van der Waals surface area contributed by atoms with Crippen LogP contribution in [0.2, 0.25) is 5.15 Å². The lowest BCUT2D eigenvalue weighted by Crippen LogP contribution is -2.28. The molecule has 6 heteroatoms. The molecular weight excluding hydrogens is 306 g/mol. The summed E-state index contributed by atoms with van der Waals surface area (Å²) in [5.74, 6) is 0.735. The lowest BCUT2D eigenvalue weighted by molar-refractivity contribution is 0.185. The van der Waals surface area contributed by atoms with Crippen molar-refractivity contribution >= 4 is 33.2 Å². The van der Waals surface area contributed by atoms with E-state index in [1.807, 2.05) is 0 Å². The minimum Gasteiger partial charge on any atom is -0.395 e. The highest BCUT2D eigenvalue weighted by Gasteiger charge is 2.15. The predicted octanol–water partition coefficient (Wildman–Crippen LogP) is 3.56. The number of thiophene rings is 1. The van der Waals surface area contributed by atoms with Gasteiger partial charge in [-0.2, -0.15) is 0 Å². The average molecular weight is 328 g/mol. The van der Waals surface area contributed by atoms with E-state index < -0.39 is 0 Å². The molecule has 0 atom stereocenters. The lowest BCUT2D eigenvalue weighted by atomic mass is 10.2. The summed E-state index contributed by atoms with van der Waals surface area (Å²) in [5.41, 5.74) is 1.17. The van der Waals surface area contributed by atoms with E-state index in [0.29, 0.717) is 18.2 Å². The fraction of sp³-hybridized carbons (Fsp3) is 0.600. The molecule has 116 valence electrons.